The fraction of sp³-hybridized carbons (Fsp3) is 0.217. The molecule has 2 N–H and O–H groups in total. The Kier molecular flexibility index (Phi) is 4.74. The molecule has 4 aromatic rings. The van der Waals surface area contributed by atoms with Gasteiger partial charge in [0, 0.05) is 0 Å². The Morgan fingerprint density at radius 3 is 2.39 bits per heavy atom. The predicted molar refractivity (Wildman–Crippen MR) is 112 cm³/mol. The summed E-state index contributed by atoms with van der Waals surface area (Å²) < 4.78 is 5.49. The highest BCUT2D eigenvalue weighted by Gasteiger charge is 2.24. The maximum absolute atomic E-state index is 13.1. The van der Waals surface area contributed by atoms with Crippen LogP contribution in [0.1, 0.15) is 36.1 Å². The number of fused-ring (bicyclic) bond motifs is 2. The second-order valence-electron chi connectivity index (χ2n) is 7.23. The van der Waals surface area contributed by atoms with E-state index >= 15 is 0 Å². The number of aromatic nitrogens is 2. The van der Waals surface area contributed by atoms with E-state index in [0.717, 1.165) is 27.6 Å². The van der Waals surface area contributed by atoms with Crippen molar-refractivity contribution in [1.82, 2.24) is 15.3 Å². The highest BCUT2D eigenvalue weighted by atomic mass is 16.5. The maximum atomic E-state index is 13.1. The Morgan fingerprint density at radius 1 is 1.04 bits per heavy atom. The Balaban J connectivity index is 1.69. The molecule has 0 fully saturated rings. The van der Waals surface area contributed by atoms with Crippen molar-refractivity contribution >= 4 is 27.7 Å². The molecule has 142 valence electrons. The summed E-state index contributed by atoms with van der Waals surface area (Å²) in [6.45, 7) is 4.13. The number of nitrogens with one attached hydrogen (secondary N) is 2. The molecule has 0 spiro atoms. The van der Waals surface area contributed by atoms with Crippen molar-refractivity contribution in [3.05, 3.63) is 72.1 Å². The van der Waals surface area contributed by atoms with Gasteiger partial charge in [0.25, 0.3) is 5.91 Å². The molecule has 0 aliphatic carbocycles. The Hall–Kier alpha value is -3.34. The molecule has 5 nitrogen and oxygen atoms in total. The van der Waals surface area contributed by atoms with Gasteiger partial charge in [0.05, 0.1) is 29.7 Å². The molecule has 28 heavy (non-hydrogen) atoms. The second-order valence-corrected chi connectivity index (χ2v) is 7.23. The van der Waals surface area contributed by atoms with Gasteiger partial charge in [-0.15, -0.1) is 0 Å². The minimum atomic E-state index is -0.240. The summed E-state index contributed by atoms with van der Waals surface area (Å²) in [5.41, 5.74) is 2.37. The van der Waals surface area contributed by atoms with Gasteiger partial charge in [-0.3, -0.25) is 4.79 Å². The first-order chi connectivity index (χ1) is 13.6. The largest absolute Gasteiger partial charge is 0.496 e. The number of amides is 1. The van der Waals surface area contributed by atoms with Crippen molar-refractivity contribution in [2.24, 2.45) is 5.92 Å². The van der Waals surface area contributed by atoms with E-state index < -0.39 is 0 Å². The third-order valence-corrected chi connectivity index (χ3v) is 4.97. The molecule has 3 aromatic carbocycles. The third-order valence-electron chi connectivity index (χ3n) is 4.97. The number of H-pyrrole nitrogens is 1. The van der Waals surface area contributed by atoms with E-state index in [2.05, 4.69) is 29.1 Å². The summed E-state index contributed by atoms with van der Waals surface area (Å²) >= 11 is 0. The lowest BCUT2D eigenvalue weighted by Gasteiger charge is -2.21. The van der Waals surface area contributed by atoms with E-state index in [-0.39, 0.29) is 17.9 Å². The van der Waals surface area contributed by atoms with Crippen LogP contribution in [0.4, 0.5) is 0 Å². The second kappa shape index (κ2) is 7.35. The smallest absolute Gasteiger partial charge is 0.255 e. The molecule has 0 saturated heterocycles. The van der Waals surface area contributed by atoms with Crippen LogP contribution in [-0.4, -0.2) is 23.0 Å². The lowest BCUT2D eigenvalue weighted by molar-refractivity contribution is 0.0920. The fourth-order valence-electron chi connectivity index (χ4n) is 3.46. The monoisotopic (exact) mass is 373 g/mol. The van der Waals surface area contributed by atoms with Gasteiger partial charge in [-0.25, -0.2) is 4.98 Å². The molecule has 5 heteroatoms. The van der Waals surface area contributed by atoms with Crippen molar-refractivity contribution in [3.63, 3.8) is 0 Å². The summed E-state index contributed by atoms with van der Waals surface area (Å²) in [4.78, 5) is 21.1. The van der Waals surface area contributed by atoms with Crippen LogP contribution in [0.5, 0.6) is 5.75 Å². The van der Waals surface area contributed by atoms with Gasteiger partial charge in [-0.2, -0.15) is 0 Å². The molecule has 0 aliphatic rings. The standard InChI is InChI=1S/C23H23N3O2/c1-14(2)21(22-24-18-10-6-7-11-19(18)25-22)26-23(27)17-12-15-8-4-5-9-16(15)13-20(17)28-3/h4-14,21H,1-3H3,(H,24,25)(H,26,27)/t21-/m0/s1. The van der Waals surface area contributed by atoms with E-state index in [0.29, 0.717) is 11.3 Å². The molecule has 1 amide bonds. The number of methoxy groups -OCH3 is 1. The number of hydrogen-bond acceptors (Lipinski definition) is 3. The number of carbonyl (C=O) groups is 1. The number of rotatable bonds is 5. The minimum absolute atomic E-state index is 0.163. The predicted octanol–water partition coefficient (Wildman–Crippen LogP) is 4.85. The first kappa shape index (κ1) is 18.0. The lowest BCUT2D eigenvalue weighted by Crippen LogP contribution is -2.32. The van der Waals surface area contributed by atoms with Gasteiger partial charge >= 0.3 is 0 Å². The van der Waals surface area contributed by atoms with Crippen molar-refractivity contribution in [3.8, 4) is 5.75 Å². The molecule has 1 atom stereocenters. The van der Waals surface area contributed by atoms with Crippen LogP contribution in [0.3, 0.4) is 0 Å². The van der Waals surface area contributed by atoms with Gasteiger partial charge < -0.3 is 15.0 Å². The first-order valence-electron chi connectivity index (χ1n) is 9.39. The fourth-order valence-corrected chi connectivity index (χ4v) is 3.46. The summed E-state index contributed by atoms with van der Waals surface area (Å²) in [6.07, 6.45) is 0. The van der Waals surface area contributed by atoms with Crippen LogP contribution in [0.2, 0.25) is 0 Å². The van der Waals surface area contributed by atoms with E-state index in [1.807, 2.05) is 60.7 Å². The van der Waals surface area contributed by atoms with Gasteiger partial charge in [-0.1, -0.05) is 50.2 Å². The SMILES string of the molecule is COc1cc2ccccc2cc1C(=O)N[C@H](c1nc2ccccc2[nH]1)C(C)C. The van der Waals surface area contributed by atoms with Gasteiger partial charge in [-0.05, 0) is 41.0 Å². The number of para-hydroxylation sites is 2. The molecular formula is C23H23N3O2. The van der Waals surface area contributed by atoms with Crippen LogP contribution < -0.4 is 10.1 Å². The highest BCUT2D eigenvalue weighted by Crippen LogP contribution is 2.28. The van der Waals surface area contributed by atoms with Crippen LogP contribution in [0, 0.1) is 5.92 Å². The first-order valence-corrected chi connectivity index (χ1v) is 9.39. The molecule has 4 rings (SSSR count). The molecular weight excluding hydrogens is 350 g/mol. The van der Waals surface area contributed by atoms with E-state index in [1.165, 1.54) is 0 Å². The molecule has 0 radical (unpaired) electrons. The van der Waals surface area contributed by atoms with Gasteiger partial charge in [0.15, 0.2) is 0 Å². The number of ether oxygens (including phenoxy) is 1. The molecule has 1 aromatic heterocycles. The average Bonchev–Trinajstić information content (AvgIpc) is 3.14. The van der Waals surface area contributed by atoms with Crippen LogP contribution in [0.25, 0.3) is 21.8 Å². The molecule has 0 saturated carbocycles. The van der Waals surface area contributed by atoms with Crippen molar-refractivity contribution in [1.29, 1.82) is 0 Å². The van der Waals surface area contributed by atoms with Crippen molar-refractivity contribution in [2.75, 3.05) is 7.11 Å². The zero-order chi connectivity index (χ0) is 19.7. The lowest BCUT2D eigenvalue weighted by atomic mass is 10.0. The number of benzene rings is 3. The number of aromatic amines is 1. The van der Waals surface area contributed by atoms with Crippen molar-refractivity contribution in [2.45, 2.75) is 19.9 Å². The van der Waals surface area contributed by atoms with Crippen LogP contribution >= 0.6 is 0 Å². The topological polar surface area (TPSA) is 67.0 Å². The zero-order valence-electron chi connectivity index (χ0n) is 16.2. The van der Waals surface area contributed by atoms with Gasteiger partial charge in [0.2, 0.25) is 0 Å². The maximum Gasteiger partial charge on any atom is 0.255 e. The summed E-state index contributed by atoms with van der Waals surface area (Å²) in [7, 11) is 1.58. The number of imidazole rings is 1. The highest BCUT2D eigenvalue weighted by molar-refractivity contribution is 6.01. The van der Waals surface area contributed by atoms with Crippen LogP contribution in [0.15, 0.2) is 60.7 Å². The number of carbonyl (C=O) groups excluding carboxylic acids is 1. The number of nitrogens with zero attached hydrogens (tertiary/aromatic N) is 1. The zero-order valence-corrected chi connectivity index (χ0v) is 16.2. The van der Waals surface area contributed by atoms with Crippen LogP contribution in [-0.2, 0) is 0 Å². The Bertz CT molecular complexity index is 1110. The van der Waals surface area contributed by atoms with E-state index in [1.54, 1.807) is 7.11 Å². The summed E-state index contributed by atoms with van der Waals surface area (Å²) in [5, 5.41) is 5.17. The molecule has 0 unspecified atom stereocenters. The van der Waals surface area contributed by atoms with Crippen molar-refractivity contribution < 1.29 is 9.53 Å². The minimum Gasteiger partial charge on any atom is -0.496 e. The molecule has 1 heterocycles. The summed E-state index contributed by atoms with van der Waals surface area (Å²) in [6, 6.07) is 19.3. The Morgan fingerprint density at radius 2 is 1.71 bits per heavy atom. The van der Waals surface area contributed by atoms with E-state index in [9.17, 15) is 4.79 Å². The quantitative estimate of drug-likeness (QED) is 0.525. The normalized spacial score (nSPS) is 12.4. The number of hydrogen-bond donors (Lipinski definition) is 2. The Labute approximate surface area is 163 Å². The van der Waals surface area contributed by atoms with E-state index in [4.69, 9.17) is 4.74 Å². The average molecular weight is 373 g/mol. The third kappa shape index (κ3) is 3.31. The molecule has 0 aliphatic heterocycles. The molecule has 0 bridgehead atoms. The summed E-state index contributed by atoms with van der Waals surface area (Å²) in [5.74, 6) is 1.30. The van der Waals surface area contributed by atoms with Gasteiger partial charge in [0.1, 0.15) is 11.6 Å².